The molecule has 1 unspecified atom stereocenters. The van der Waals surface area contributed by atoms with Gasteiger partial charge in [-0.1, -0.05) is 24.3 Å². The molecule has 2 aromatic rings. The molecule has 0 bridgehead atoms. The van der Waals surface area contributed by atoms with Gasteiger partial charge in [0.15, 0.2) is 0 Å². The minimum atomic E-state index is 0.226. The Morgan fingerprint density at radius 2 is 2.15 bits per heavy atom. The Morgan fingerprint density at radius 3 is 2.95 bits per heavy atom. The number of hydrogen-bond donors (Lipinski definition) is 0. The number of fused-ring (bicyclic) bond motifs is 1. The van der Waals surface area contributed by atoms with Gasteiger partial charge in [-0.15, -0.1) is 11.6 Å². The Morgan fingerprint density at radius 1 is 1.30 bits per heavy atom. The van der Waals surface area contributed by atoms with E-state index in [1.54, 1.807) is 0 Å². The molecule has 20 heavy (non-hydrogen) atoms. The molecule has 1 aromatic carbocycles. The van der Waals surface area contributed by atoms with Crippen LogP contribution in [0, 0.1) is 5.92 Å². The van der Waals surface area contributed by atoms with Gasteiger partial charge in [0.05, 0.1) is 5.52 Å². The van der Waals surface area contributed by atoms with Gasteiger partial charge < -0.3 is 4.90 Å². The van der Waals surface area contributed by atoms with E-state index in [-0.39, 0.29) is 5.91 Å². The molecule has 3 nitrogen and oxygen atoms in total. The van der Waals surface area contributed by atoms with Gasteiger partial charge in [0.2, 0.25) is 5.91 Å². The van der Waals surface area contributed by atoms with Crippen molar-refractivity contribution < 1.29 is 4.79 Å². The van der Waals surface area contributed by atoms with Crippen LogP contribution in [0.4, 0.5) is 0 Å². The zero-order valence-corrected chi connectivity index (χ0v) is 12.0. The van der Waals surface area contributed by atoms with Crippen LogP contribution in [0.3, 0.4) is 0 Å². The number of likely N-dealkylation sites (tertiary alicyclic amines) is 1. The summed E-state index contributed by atoms with van der Waals surface area (Å²) in [5, 5.41) is 1.15. The van der Waals surface area contributed by atoms with Gasteiger partial charge in [-0.05, 0) is 24.0 Å². The summed E-state index contributed by atoms with van der Waals surface area (Å²) in [6, 6.07) is 10.2. The third-order valence-electron chi connectivity index (χ3n) is 3.88. The first-order chi connectivity index (χ1) is 9.78. The van der Waals surface area contributed by atoms with E-state index in [0.717, 1.165) is 30.4 Å². The van der Waals surface area contributed by atoms with E-state index in [4.69, 9.17) is 11.6 Å². The zero-order valence-electron chi connectivity index (χ0n) is 11.3. The highest BCUT2D eigenvalue weighted by Crippen LogP contribution is 2.21. The van der Waals surface area contributed by atoms with Crippen LogP contribution in [-0.2, 0) is 11.2 Å². The van der Waals surface area contributed by atoms with Crippen molar-refractivity contribution in [1.29, 1.82) is 0 Å². The number of benzene rings is 1. The van der Waals surface area contributed by atoms with Crippen LogP contribution in [0.2, 0.25) is 0 Å². The highest BCUT2D eigenvalue weighted by molar-refractivity contribution is 6.18. The standard InChI is InChI=1S/C16H17ClN2O/c17-10-12-9-15(20)19(11-12)8-6-14-4-1-3-13-5-2-7-18-16(13)14/h1-5,7,12H,6,8-11H2. The number of carbonyl (C=O) groups is 1. The summed E-state index contributed by atoms with van der Waals surface area (Å²) < 4.78 is 0. The fourth-order valence-corrected chi connectivity index (χ4v) is 3.00. The molecule has 0 radical (unpaired) electrons. The van der Waals surface area contributed by atoms with Gasteiger partial charge in [0.25, 0.3) is 0 Å². The number of hydrogen-bond acceptors (Lipinski definition) is 2. The molecule has 1 aromatic heterocycles. The normalized spacial score (nSPS) is 18.9. The van der Waals surface area contributed by atoms with Crippen molar-refractivity contribution in [2.75, 3.05) is 19.0 Å². The summed E-state index contributed by atoms with van der Waals surface area (Å²) in [4.78, 5) is 18.3. The Bertz CT molecular complexity index is 623. The summed E-state index contributed by atoms with van der Waals surface area (Å²) in [5.41, 5.74) is 2.24. The lowest BCUT2D eigenvalue weighted by molar-refractivity contribution is -0.127. The Balaban J connectivity index is 1.73. The van der Waals surface area contributed by atoms with E-state index < -0.39 is 0 Å². The van der Waals surface area contributed by atoms with Crippen molar-refractivity contribution >= 4 is 28.4 Å². The minimum absolute atomic E-state index is 0.226. The fourth-order valence-electron chi connectivity index (χ4n) is 2.80. The van der Waals surface area contributed by atoms with Crippen molar-refractivity contribution in [2.45, 2.75) is 12.8 Å². The molecule has 0 saturated carbocycles. The Labute approximate surface area is 123 Å². The second-order valence-corrected chi connectivity index (χ2v) is 5.62. The number of rotatable bonds is 4. The molecular weight excluding hydrogens is 272 g/mol. The summed E-state index contributed by atoms with van der Waals surface area (Å²) >= 11 is 5.84. The monoisotopic (exact) mass is 288 g/mol. The van der Waals surface area contributed by atoms with Crippen molar-refractivity contribution in [3.05, 3.63) is 42.1 Å². The van der Waals surface area contributed by atoms with E-state index in [2.05, 4.69) is 23.2 Å². The first kappa shape index (κ1) is 13.4. The average molecular weight is 289 g/mol. The van der Waals surface area contributed by atoms with Gasteiger partial charge in [-0.2, -0.15) is 0 Å². The molecule has 2 heterocycles. The van der Waals surface area contributed by atoms with Gasteiger partial charge in [0, 0.05) is 37.0 Å². The highest BCUT2D eigenvalue weighted by atomic mass is 35.5. The van der Waals surface area contributed by atoms with Crippen LogP contribution in [0.15, 0.2) is 36.5 Å². The van der Waals surface area contributed by atoms with Crippen molar-refractivity contribution in [3.63, 3.8) is 0 Å². The number of para-hydroxylation sites is 1. The summed E-state index contributed by atoms with van der Waals surface area (Å²) in [6.45, 7) is 1.54. The van der Waals surface area contributed by atoms with Crippen molar-refractivity contribution in [1.82, 2.24) is 9.88 Å². The number of halogens is 1. The maximum absolute atomic E-state index is 11.9. The number of pyridine rings is 1. The molecule has 1 aliphatic heterocycles. The lowest BCUT2D eigenvalue weighted by Crippen LogP contribution is -2.27. The molecule has 0 aliphatic carbocycles. The van der Waals surface area contributed by atoms with E-state index in [0.29, 0.717) is 18.2 Å². The molecule has 0 spiro atoms. The number of aromatic nitrogens is 1. The first-order valence-electron chi connectivity index (χ1n) is 6.94. The topological polar surface area (TPSA) is 33.2 Å². The van der Waals surface area contributed by atoms with Crippen LogP contribution >= 0.6 is 11.6 Å². The SMILES string of the molecule is O=C1CC(CCl)CN1CCc1cccc2cccnc12. The minimum Gasteiger partial charge on any atom is -0.342 e. The van der Waals surface area contributed by atoms with E-state index >= 15 is 0 Å². The maximum atomic E-state index is 11.9. The highest BCUT2D eigenvalue weighted by Gasteiger charge is 2.28. The molecule has 1 fully saturated rings. The largest absolute Gasteiger partial charge is 0.342 e. The molecule has 1 aliphatic rings. The lowest BCUT2D eigenvalue weighted by atomic mass is 10.1. The first-order valence-corrected chi connectivity index (χ1v) is 7.47. The quantitative estimate of drug-likeness (QED) is 0.811. The predicted molar refractivity (Wildman–Crippen MR) is 80.9 cm³/mol. The fraction of sp³-hybridized carbons (Fsp3) is 0.375. The van der Waals surface area contributed by atoms with Gasteiger partial charge >= 0.3 is 0 Å². The van der Waals surface area contributed by atoms with Crippen LogP contribution in [0.25, 0.3) is 10.9 Å². The van der Waals surface area contributed by atoms with Crippen molar-refractivity contribution in [3.8, 4) is 0 Å². The van der Waals surface area contributed by atoms with E-state index in [9.17, 15) is 4.79 Å². The summed E-state index contributed by atoms with van der Waals surface area (Å²) in [7, 11) is 0. The summed E-state index contributed by atoms with van der Waals surface area (Å²) in [6.07, 6.45) is 3.25. The zero-order chi connectivity index (χ0) is 13.9. The smallest absolute Gasteiger partial charge is 0.222 e. The summed E-state index contributed by atoms with van der Waals surface area (Å²) in [5.74, 6) is 1.11. The van der Waals surface area contributed by atoms with Crippen LogP contribution < -0.4 is 0 Å². The molecule has 1 amide bonds. The van der Waals surface area contributed by atoms with E-state index in [1.807, 2.05) is 23.2 Å². The molecule has 3 rings (SSSR count). The maximum Gasteiger partial charge on any atom is 0.222 e. The second-order valence-electron chi connectivity index (χ2n) is 5.31. The Hall–Kier alpha value is -1.61. The van der Waals surface area contributed by atoms with Crippen LogP contribution in [0.1, 0.15) is 12.0 Å². The predicted octanol–water partition coefficient (Wildman–Crippen LogP) is 2.86. The number of amides is 1. The average Bonchev–Trinajstić information content (AvgIpc) is 2.85. The molecule has 1 atom stereocenters. The van der Waals surface area contributed by atoms with Crippen LogP contribution in [0.5, 0.6) is 0 Å². The second kappa shape index (κ2) is 5.80. The molecule has 0 N–H and O–H groups in total. The molecule has 104 valence electrons. The lowest BCUT2D eigenvalue weighted by Gasteiger charge is -2.16. The number of carbonyl (C=O) groups excluding carboxylic acids is 1. The van der Waals surface area contributed by atoms with Gasteiger partial charge in [-0.3, -0.25) is 9.78 Å². The number of nitrogens with zero attached hydrogens (tertiary/aromatic N) is 2. The third-order valence-corrected chi connectivity index (χ3v) is 4.32. The van der Waals surface area contributed by atoms with Crippen LogP contribution in [-0.4, -0.2) is 34.8 Å². The third kappa shape index (κ3) is 2.63. The Kier molecular flexibility index (Phi) is 3.88. The van der Waals surface area contributed by atoms with E-state index in [1.165, 1.54) is 5.56 Å². The number of alkyl halides is 1. The van der Waals surface area contributed by atoms with Gasteiger partial charge in [0.1, 0.15) is 0 Å². The van der Waals surface area contributed by atoms with Gasteiger partial charge in [-0.25, -0.2) is 0 Å². The van der Waals surface area contributed by atoms with Crippen molar-refractivity contribution in [2.24, 2.45) is 5.92 Å². The molecular formula is C16H17ClN2O. The molecule has 4 heteroatoms. The molecule has 1 saturated heterocycles.